The number of ketones is 1. The van der Waals surface area contributed by atoms with E-state index in [2.05, 4.69) is 0 Å². The van der Waals surface area contributed by atoms with Crippen molar-refractivity contribution in [2.75, 3.05) is 13.2 Å². The van der Waals surface area contributed by atoms with E-state index >= 15 is 0 Å². The molecule has 4 nitrogen and oxygen atoms in total. The van der Waals surface area contributed by atoms with Gasteiger partial charge >= 0.3 is 0 Å². The molecule has 0 spiro atoms. The Morgan fingerprint density at radius 3 is 2.65 bits per heavy atom. The maximum Gasteiger partial charge on any atom is 0.189 e. The molecule has 1 aliphatic rings. The van der Waals surface area contributed by atoms with Gasteiger partial charge in [0.25, 0.3) is 0 Å². The summed E-state index contributed by atoms with van der Waals surface area (Å²) in [5.74, 6) is 1.17. The number of rotatable bonds is 3. The highest BCUT2D eigenvalue weighted by Gasteiger charge is 2.11. The van der Waals surface area contributed by atoms with E-state index in [9.17, 15) is 9.90 Å². The second-order valence-corrected chi connectivity index (χ2v) is 5.47. The van der Waals surface area contributed by atoms with E-state index in [-0.39, 0.29) is 11.5 Å². The highest BCUT2D eigenvalue weighted by molar-refractivity contribution is 6.08. The first-order chi connectivity index (χ1) is 11.1. The van der Waals surface area contributed by atoms with Gasteiger partial charge in [0.15, 0.2) is 17.3 Å². The van der Waals surface area contributed by atoms with Crippen molar-refractivity contribution in [2.24, 2.45) is 0 Å². The normalized spacial score (nSPS) is 13.8. The standard InChI is InChI=1S/C19H18O4/c1-13-3-6-15(17(21)11-13)16(20)7-4-14-5-8-18-19(12-14)23-10-2-9-22-18/h3-8,11-12,21H,2,9-10H2,1H3. The fourth-order valence-corrected chi connectivity index (χ4v) is 2.40. The van der Waals surface area contributed by atoms with Crippen LogP contribution in [0.15, 0.2) is 42.5 Å². The molecule has 0 radical (unpaired) electrons. The molecule has 3 rings (SSSR count). The number of ether oxygens (including phenoxy) is 2. The van der Waals surface area contributed by atoms with Crippen molar-refractivity contribution in [3.8, 4) is 17.2 Å². The molecule has 1 N–H and O–H groups in total. The minimum absolute atomic E-state index is 0.00156. The second-order valence-electron chi connectivity index (χ2n) is 5.47. The molecule has 2 aromatic rings. The highest BCUT2D eigenvalue weighted by Crippen LogP contribution is 2.31. The van der Waals surface area contributed by atoms with Crippen LogP contribution in [-0.2, 0) is 0 Å². The van der Waals surface area contributed by atoms with Gasteiger partial charge in [-0.15, -0.1) is 0 Å². The number of benzene rings is 2. The first kappa shape index (κ1) is 15.2. The fourth-order valence-electron chi connectivity index (χ4n) is 2.40. The lowest BCUT2D eigenvalue weighted by Crippen LogP contribution is -1.97. The van der Waals surface area contributed by atoms with Crippen LogP contribution >= 0.6 is 0 Å². The molecule has 4 heteroatoms. The number of allylic oxidation sites excluding steroid dienone is 1. The van der Waals surface area contributed by atoms with Crippen LogP contribution in [-0.4, -0.2) is 24.1 Å². The minimum Gasteiger partial charge on any atom is -0.507 e. The number of carbonyl (C=O) groups excluding carboxylic acids is 1. The Morgan fingerprint density at radius 1 is 1.09 bits per heavy atom. The van der Waals surface area contributed by atoms with Crippen LogP contribution in [0.4, 0.5) is 0 Å². The molecule has 118 valence electrons. The van der Waals surface area contributed by atoms with Crippen LogP contribution < -0.4 is 9.47 Å². The van der Waals surface area contributed by atoms with Crippen LogP contribution in [0.5, 0.6) is 17.2 Å². The topological polar surface area (TPSA) is 55.8 Å². The molecule has 2 aromatic carbocycles. The van der Waals surface area contributed by atoms with Gasteiger partial charge in [-0.25, -0.2) is 0 Å². The van der Waals surface area contributed by atoms with Gasteiger partial charge in [0.05, 0.1) is 18.8 Å². The van der Waals surface area contributed by atoms with Gasteiger partial charge in [0, 0.05) is 6.42 Å². The Morgan fingerprint density at radius 2 is 1.87 bits per heavy atom. The molecule has 23 heavy (non-hydrogen) atoms. The lowest BCUT2D eigenvalue weighted by atomic mass is 10.1. The quantitative estimate of drug-likeness (QED) is 0.693. The Bertz CT molecular complexity index is 762. The Labute approximate surface area is 135 Å². The lowest BCUT2D eigenvalue weighted by Gasteiger charge is -2.07. The molecule has 0 atom stereocenters. The van der Waals surface area contributed by atoms with E-state index in [1.807, 2.05) is 25.1 Å². The number of aromatic hydroxyl groups is 1. The smallest absolute Gasteiger partial charge is 0.189 e. The third-order valence-electron chi connectivity index (χ3n) is 3.62. The van der Waals surface area contributed by atoms with Crippen molar-refractivity contribution in [3.63, 3.8) is 0 Å². The monoisotopic (exact) mass is 310 g/mol. The van der Waals surface area contributed by atoms with E-state index in [4.69, 9.17) is 9.47 Å². The number of phenols is 1. The van der Waals surface area contributed by atoms with Gasteiger partial charge in [-0.3, -0.25) is 4.79 Å². The molecular weight excluding hydrogens is 292 g/mol. The van der Waals surface area contributed by atoms with Gasteiger partial charge in [0.2, 0.25) is 0 Å². The Kier molecular flexibility index (Phi) is 4.33. The Hall–Kier alpha value is -2.75. The lowest BCUT2D eigenvalue weighted by molar-refractivity contribution is 0.104. The molecule has 0 aliphatic carbocycles. The van der Waals surface area contributed by atoms with E-state index in [1.54, 1.807) is 24.3 Å². The number of phenolic OH excluding ortho intramolecular Hbond substituents is 1. The molecular formula is C19H18O4. The molecule has 1 aliphatic heterocycles. The van der Waals surface area contributed by atoms with Crippen molar-refractivity contribution < 1.29 is 19.4 Å². The molecule has 0 saturated heterocycles. The highest BCUT2D eigenvalue weighted by atomic mass is 16.5. The zero-order chi connectivity index (χ0) is 16.2. The molecule has 0 amide bonds. The summed E-state index contributed by atoms with van der Waals surface area (Å²) in [6.45, 7) is 3.13. The number of hydrogen-bond donors (Lipinski definition) is 1. The van der Waals surface area contributed by atoms with Gasteiger partial charge < -0.3 is 14.6 Å². The van der Waals surface area contributed by atoms with Gasteiger partial charge in [0.1, 0.15) is 5.75 Å². The summed E-state index contributed by atoms with van der Waals surface area (Å²) in [7, 11) is 0. The second kappa shape index (κ2) is 6.57. The van der Waals surface area contributed by atoms with E-state index < -0.39 is 0 Å². The molecule has 0 bridgehead atoms. The van der Waals surface area contributed by atoms with Crippen LogP contribution in [0.1, 0.15) is 27.9 Å². The van der Waals surface area contributed by atoms with Crippen molar-refractivity contribution >= 4 is 11.9 Å². The molecule has 0 unspecified atom stereocenters. The van der Waals surface area contributed by atoms with Crippen LogP contribution in [0, 0.1) is 6.92 Å². The third-order valence-corrected chi connectivity index (χ3v) is 3.62. The van der Waals surface area contributed by atoms with Crippen molar-refractivity contribution in [1.29, 1.82) is 0 Å². The minimum atomic E-state index is -0.241. The van der Waals surface area contributed by atoms with Crippen LogP contribution in [0.2, 0.25) is 0 Å². The third kappa shape index (κ3) is 3.54. The maximum atomic E-state index is 12.2. The van der Waals surface area contributed by atoms with Crippen molar-refractivity contribution in [2.45, 2.75) is 13.3 Å². The summed E-state index contributed by atoms with van der Waals surface area (Å²) in [6.07, 6.45) is 4.00. The summed E-state index contributed by atoms with van der Waals surface area (Å²) in [4.78, 5) is 12.2. The number of fused-ring (bicyclic) bond motifs is 1. The summed E-state index contributed by atoms with van der Waals surface area (Å²) in [5, 5.41) is 9.86. The molecule has 0 saturated carbocycles. The summed E-state index contributed by atoms with van der Waals surface area (Å²) < 4.78 is 11.2. The van der Waals surface area contributed by atoms with Gasteiger partial charge in [-0.05, 0) is 48.4 Å². The average Bonchev–Trinajstić information content (AvgIpc) is 2.77. The van der Waals surface area contributed by atoms with E-state index in [1.165, 1.54) is 6.08 Å². The first-order valence-corrected chi connectivity index (χ1v) is 7.55. The SMILES string of the molecule is Cc1ccc(C(=O)C=Cc2ccc3c(c2)OCCCO3)c(O)c1. The van der Waals surface area contributed by atoms with E-state index in [0.29, 0.717) is 24.5 Å². The zero-order valence-corrected chi connectivity index (χ0v) is 12.9. The summed E-state index contributed by atoms with van der Waals surface area (Å²) in [5.41, 5.74) is 2.04. The average molecular weight is 310 g/mol. The number of hydrogen-bond acceptors (Lipinski definition) is 4. The molecule has 0 fully saturated rings. The largest absolute Gasteiger partial charge is 0.507 e. The fraction of sp³-hybridized carbons (Fsp3) is 0.211. The first-order valence-electron chi connectivity index (χ1n) is 7.55. The van der Waals surface area contributed by atoms with Gasteiger partial charge in [-0.2, -0.15) is 0 Å². The predicted octanol–water partition coefficient (Wildman–Crippen LogP) is 3.76. The zero-order valence-electron chi connectivity index (χ0n) is 12.9. The molecule has 1 heterocycles. The van der Waals surface area contributed by atoms with Crippen LogP contribution in [0.25, 0.3) is 6.08 Å². The maximum absolute atomic E-state index is 12.2. The summed E-state index contributed by atoms with van der Waals surface area (Å²) in [6, 6.07) is 10.6. The summed E-state index contributed by atoms with van der Waals surface area (Å²) >= 11 is 0. The predicted molar refractivity (Wildman–Crippen MR) is 88.3 cm³/mol. The van der Waals surface area contributed by atoms with Crippen LogP contribution in [0.3, 0.4) is 0 Å². The Balaban J connectivity index is 1.79. The van der Waals surface area contributed by atoms with E-state index in [0.717, 1.165) is 23.3 Å². The number of carbonyl (C=O) groups is 1. The van der Waals surface area contributed by atoms with Gasteiger partial charge in [-0.1, -0.05) is 18.2 Å². The van der Waals surface area contributed by atoms with Crippen molar-refractivity contribution in [1.82, 2.24) is 0 Å². The van der Waals surface area contributed by atoms with Crippen molar-refractivity contribution in [3.05, 3.63) is 59.2 Å². The number of aryl methyl sites for hydroxylation is 1. The molecule has 0 aromatic heterocycles.